The molecule has 0 radical (unpaired) electrons. The minimum atomic E-state index is -0.0256. The van der Waals surface area contributed by atoms with E-state index >= 15 is 0 Å². The van der Waals surface area contributed by atoms with E-state index in [0.29, 0.717) is 0 Å². The fraction of sp³-hybridized carbons (Fsp3) is 1.00. The Kier molecular flexibility index (Phi) is 15.0. The second kappa shape index (κ2) is 15.0. The van der Waals surface area contributed by atoms with Crippen molar-refractivity contribution in [3.05, 3.63) is 0 Å². The molecule has 0 aromatic heterocycles. The van der Waals surface area contributed by atoms with Crippen LogP contribution >= 0.6 is 0 Å². The van der Waals surface area contributed by atoms with Gasteiger partial charge in [0.15, 0.2) is 0 Å². The summed E-state index contributed by atoms with van der Waals surface area (Å²) in [5.41, 5.74) is 0. The Morgan fingerprint density at radius 2 is 0.889 bits per heavy atom. The first kappa shape index (κ1) is 18.0. The van der Waals surface area contributed by atoms with Crippen LogP contribution in [0.2, 0.25) is 0 Å². The molecule has 0 heterocycles. The van der Waals surface area contributed by atoms with Gasteiger partial charge in [0, 0.05) is 0 Å². The minimum Gasteiger partial charge on any atom is -0.393 e. The molecule has 0 unspecified atom stereocenters. The average molecular weight is 256 g/mol. The Hall–Kier alpha value is -0.0400. The summed E-state index contributed by atoms with van der Waals surface area (Å²) in [7, 11) is 0. The van der Waals surface area contributed by atoms with Crippen LogP contribution in [0.15, 0.2) is 0 Å². The lowest BCUT2D eigenvalue weighted by Gasteiger charge is -2.10. The molecule has 0 aromatic carbocycles. The van der Waals surface area contributed by atoms with Gasteiger partial charge in [-0.2, -0.15) is 0 Å². The van der Waals surface area contributed by atoms with E-state index in [9.17, 15) is 5.11 Å². The average Bonchev–Trinajstić information content (AvgIpc) is 2.38. The van der Waals surface area contributed by atoms with Crippen LogP contribution in [-0.4, -0.2) is 11.2 Å². The molecule has 0 atom stereocenters. The van der Waals surface area contributed by atoms with Gasteiger partial charge in [0.2, 0.25) is 0 Å². The summed E-state index contributed by atoms with van der Waals surface area (Å²) in [6.45, 7) is 4.51. The zero-order chi connectivity index (χ0) is 13.5. The van der Waals surface area contributed by atoms with E-state index in [1.165, 1.54) is 77.0 Å². The summed E-state index contributed by atoms with van der Waals surface area (Å²) in [6.07, 6.45) is 18.0. The highest BCUT2D eigenvalue weighted by molar-refractivity contribution is 4.57. The first-order valence-electron chi connectivity index (χ1n) is 8.49. The number of aliphatic hydroxyl groups excluding tert-OH is 1. The fourth-order valence-electron chi connectivity index (χ4n) is 2.46. The summed E-state index contributed by atoms with van der Waals surface area (Å²) in [5, 5.41) is 9.85. The molecule has 0 aliphatic rings. The normalized spacial score (nSPS) is 11.3. The second-order valence-electron chi connectivity index (χ2n) is 5.77. The van der Waals surface area contributed by atoms with Crippen molar-refractivity contribution in [2.75, 3.05) is 0 Å². The van der Waals surface area contributed by atoms with E-state index in [1.807, 2.05) is 0 Å². The van der Waals surface area contributed by atoms with E-state index < -0.39 is 0 Å². The number of unbranched alkanes of at least 4 members (excludes halogenated alkanes) is 10. The maximum absolute atomic E-state index is 9.85. The van der Waals surface area contributed by atoms with Gasteiger partial charge < -0.3 is 5.11 Å². The first-order chi connectivity index (χ1) is 8.81. The summed E-state index contributed by atoms with van der Waals surface area (Å²) < 4.78 is 0. The molecule has 1 heteroatoms. The van der Waals surface area contributed by atoms with Crippen molar-refractivity contribution in [1.29, 1.82) is 0 Å². The third-order valence-electron chi connectivity index (χ3n) is 3.78. The predicted octanol–water partition coefficient (Wildman–Crippen LogP) is 5.85. The minimum absolute atomic E-state index is 0.0256. The van der Waals surface area contributed by atoms with Gasteiger partial charge in [-0.05, 0) is 12.8 Å². The van der Waals surface area contributed by atoms with E-state index in [4.69, 9.17) is 0 Å². The van der Waals surface area contributed by atoms with Gasteiger partial charge in [-0.25, -0.2) is 0 Å². The van der Waals surface area contributed by atoms with Gasteiger partial charge in [-0.1, -0.05) is 90.9 Å². The Morgan fingerprint density at radius 1 is 0.556 bits per heavy atom. The molecule has 0 aliphatic heterocycles. The maximum atomic E-state index is 9.85. The molecule has 18 heavy (non-hydrogen) atoms. The summed E-state index contributed by atoms with van der Waals surface area (Å²) in [5.74, 6) is 0. The van der Waals surface area contributed by atoms with Crippen molar-refractivity contribution >= 4 is 0 Å². The molecule has 0 aromatic rings. The lowest BCUT2D eigenvalue weighted by Crippen LogP contribution is -2.05. The molecule has 0 fully saturated rings. The SMILES string of the molecule is CCCCCCCCC(O)CCCCCCCC. The fourth-order valence-corrected chi connectivity index (χ4v) is 2.46. The highest BCUT2D eigenvalue weighted by Crippen LogP contribution is 2.13. The largest absolute Gasteiger partial charge is 0.393 e. The van der Waals surface area contributed by atoms with Crippen LogP contribution in [0.5, 0.6) is 0 Å². The van der Waals surface area contributed by atoms with E-state index in [-0.39, 0.29) is 6.10 Å². The Morgan fingerprint density at radius 3 is 1.28 bits per heavy atom. The van der Waals surface area contributed by atoms with E-state index in [2.05, 4.69) is 13.8 Å². The molecule has 110 valence electrons. The van der Waals surface area contributed by atoms with Crippen molar-refractivity contribution in [2.24, 2.45) is 0 Å². The van der Waals surface area contributed by atoms with Gasteiger partial charge in [-0.15, -0.1) is 0 Å². The highest BCUT2D eigenvalue weighted by atomic mass is 16.3. The van der Waals surface area contributed by atoms with Crippen molar-refractivity contribution in [3.8, 4) is 0 Å². The third kappa shape index (κ3) is 14.0. The van der Waals surface area contributed by atoms with Gasteiger partial charge in [0.25, 0.3) is 0 Å². The van der Waals surface area contributed by atoms with E-state index in [1.54, 1.807) is 0 Å². The molecular formula is C17H36O. The van der Waals surface area contributed by atoms with Gasteiger partial charge >= 0.3 is 0 Å². The topological polar surface area (TPSA) is 20.2 Å². The first-order valence-corrected chi connectivity index (χ1v) is 8.49. The Balaban J connectivity index is 3.10. The van der Waals surface area contributed by atoms with Crippen LogP contribution < -0.4 is 0 Å². The zero-order valence-corrected chi connectivity index (χ0v) is 12.9. The van der Waals surface area contributed by atoms with Crippen LogP contribution in [0.25, 0.3) is 0 Å². The molecule has 0 rings (SSSR count). The smallest absolute Gasteiger partial charge is 0.0540 e. The molecule has 0 saturated heterocycles. The zero-order valence-electron chi connectivity index (χ0n) is 12.9. The maximum Gasteiger partial charge on any atom is 0.0540 e. The summed E-state index contributed by atoms with van der Waals surface area (Å²) in [6, 6.07) is 0. The van der Waals surface area contributed by atoms with Crippen LogP contribution in [0.3, 0.4) is 0 Å². The molecule has 1 nitrogen and oxygen atoms in total. The second-order valence-corrected chi connectivity index (χ2v) is 5.77. The molecular weight excluding hydrogens is 220 g/mol. The van der Waals surface area contributed by atoms with E-state index in [0.717, 1.165) is 12.8 Å². The predicted molar refractivity (Wildman–Crippen MR) is 82.0 cm³/mol. The molecule has 0 bridgehead atoms. The van der Waals surface area contributed by atoms with Crippen molar-refractivity contribution in [3.63, 3.8) is 0 Å². The molecule has 0 amide bonds. The van der Waals surface area contributed by atoms with Gasteiger partial charge in [0.05, 0.1) is 6.10 Å². The Labute approximate surface area is 115 Å². The van der Waals surface area contributed by atoms with Crippen LogP contribution in [0.1, 0.15) is 104 Å². The Bertz CT molecular complexity index is 129. The van der Waals surface area contributed by atoms with Crippen LogP contribution in [-0.2, 0) is 0 Å². The molecule has 0 saturated carbocycles. The van der Waals surface area contributed by atoms with Crippen LogP contribution in [0, 0.1) is 0 Å². The lowest BCUT2D eigenvalue weighted by atomic mass is 10.0. The number of hydrogen-bond acceptors (Lipinski definition) is 1. The number of aliphatic hydroxyl groups is 1. The van der Waals surface area contributed by atoms with Gasteiger partial charge in [-0.3, -0.25) is 0 Å². The van der Waals surface area contributed by atoms with Crippen LogP contribution in [0.4, 0.5) is 0 Å². The van der Waals surface area contributed by atoms with Crippen molar-refractivity contribution < 1.29 is 5.11 Å². The molecule has 0 aliphatic carbocycles. The van der Waals surface area contributed by atoms with Crippen molar-refractivity contribution in [1.82, 2.24) is 0 Å². The third-order valence-corrected chi connectivity index (χ3v) is 3.78. The monoisotopic (exact) mass is 256 g/mol. The molecule has 0 spiro atoms. The molecule has 1 N–H and O–H groups in total. The highest BCUT2D eigenvalue weighted by Gasteiger charge is 2.03. The van der Waals surface area contributed by atoms with Gasteiger partial charge in [0.1, 0.15) is 0 Å². The summed E-state index contributed by atoms with van der Waals surface area (Å²) in [4.78, 5) is 0. The standard InChI is InChI=1S/C17H36O/c1-3-5-7-9-11-13-15-17(18)16-14-12-10-8-6-4-2/h17-18H,3-16H2,1-2H3. The van der Waals surface area contributed by atoms with Crippen molar-refractivity contribution in [2.45, 2.75) is 110 Å². The number of rotatable bonds is 14. The quantitative estimate of drug-likeness (QED) is 0.387. The summed E-state index contributed by atoms with van der Waals surface area (Å²) >= 11 is 0. The number of hydrogen-bond donors (Lipinski definition) is 1. The lowest BCUT2D eigenvalue weighted by molar-refractivity contribution is 0.147.